The lowest BCUT2D eigenvalue weighted by Gasteiger charge is -2.33. The summed E-state index contributed by atoms with van der Waals surface area (Å²) in [5, 5.41) is 3.30. The molecule has 0 fully saturated rings. The van der Waals surface area contributed by atoms with Gasteiger partial charge in [0.15, 0.2) is 0 Å². The topological polar surface area (TPSA) is 64.3 Å². The highest BCUT2D eigenvalue weighted by molar-refractivity contribution is 9.10. The van der Waals surface area contributed by atoms with Crippen molar-refractivity contribution in [3.8, 4) is 5.75 Å². The van der Waals surface area contributed by atoms with Gasteiger partial charge in [0.05, 0.1) is 12.1 Å². The second-order valence-corrected chi connectivity index (χ2v) is 5.92. The summed E-state index contributed by atoms with van der Waals surface area (Å²) in [6.07, 6.45) is 0.820. The molecule has 1 atom stereocenters. The van der Waals surface area contributed by atoms with Crippen molar-refractivity contribution in [1.82, 2.24) is 5.32 Å². The molecule has 1 aliphatic rings. The van der Waals surface area contributed by atoms with E-state index in [1.165, 1.54) is 0 Å². The SMILES string of the molecule is CC(C)(NC1CCOc2ccc(Br)cc21)C(N)=O. The Kier molecular flexibility index (Phi) is 3.64. The molecule has 2 rings (SSSR count). The first kappa shape index (κ1) is 13.4. The number of halogens is 1. The van der Waals surface area contributed by atoms with E-state index in [0.717, 1.165) is 22.2 Å². The Balaban J connectivity index is 2.27. The molecule has 0 bridgehead atoms. The number of primary amides is 1. The van der Waals surface area contributed by atoms with E-state index in [4.69, 9.17) is 10.5 Å². The minimum absolute atomic E-state index is 0.0775. The van der Waals surface area contributed by atoms with Gasteiger partial charge in [0, 0.05) is 22.5 Å². The number of hydrogen-bond donors (Lipinski definition) is 2. The Labute approximate surface area is 115 Å². The summed E-state index contributed by atoms with van der Waals surface area (Å²) >= 11 is 3.45. The Hall–Kier alpha value is -1.07. The number of ether oxygens (including phenoxy) is 1. The summed E-state index contributed by atoms with van der Waals surface area (Å²) in [7, 11) is 0. The zero-order chi connectivity index (χ0) is 13.3. The number of nitrogens with two attached hydrogens (primary N) is 1. The zero-order valence-electron chi connectivity index (χ0n) is 10.5. The number of hydrogen-bond acceptors (Lipinski definition) is 3. The highest BCUT2D eigenvalue weighted by Gasteiger charge is 2.31. The van der Waals surface area contributed by atoms with Crippen LogP contribution in [-0.2, 0) is 4.79 Å². The number of benzene rings is 1. The van der Waals surface area contributed by atoms with Gasteiger partial charge in [-0.05, 0) is 32.0 Å². The lowest BCUT2D eigenvalue weighted by molar-refractivity contribution is -0.123. The van der Waals surface area contributed by atoms with Crippen LogP contribution >= 0.6 is 15.9 Å². The van der Waals surface area contributed by atoms with Gasteiger partial charge in [-0.2, -0.15) is 0 Å². The van der Waals surface area contributed by atoms with Crippen molar-refractivity contribution in [3.63, 3.8) is 0 Å². The smallest absolute Gasteiger partial charge is 0.237 e. The molecule has 1 unspecified atom stereocenters. The van der Waals surface area contributed by atoms with Gasteiger partial charge in [0.25, 0.3) is 0 Å². The summed E-state index contributed by atoms with van der Waals surface area (Å²) in [6, 6.07) is 5.97. The molecule has 1 amide bonds. The quantitative estimate of drug-likeness (QED) is 0.898. The molecule has 1 heterocycles. The van der Waals surface area contributed by atoms with Crippen molar-refractivity contribution in [2.24, 2.45) is 5.73 Å². The highest BCUT2D eigenvalue weighted by atomic mass is 79.9. The Morgan fingerprint density at radius 2 is 2.28 bits per heavy atom. The van der Waals surface area contributed by atoms with E-state index in [1.807, 2.05) is 18.2 Å². The Morgan fingerprint density at radius 1 is 1.56 bits per heavy atom. The monoisotopic (exact) mass is 312 g/mol. The fourth-order valence-corrected chi connectivity index (χ4v) is 2.40. The fourth-order valence-electron chi connectivity index (χ4n) is 2.02. The second-order valence-electron chi connectivity index (χ2n) is 5.01. The molecule has 3 N–H and O–H groups in total. The largest absolute Gasteiger partial charge is 0.493 e. The van der Waals surface area contributed by atoms with E-state index in [2.05, 4.69) is 21.2 Å². The maximum absolute atomic E-state index is 11.4. The van der Waals surface area contributed by atoms with Crippen LogP contribution in [0.5, 0.6) is 5.75 Å². The molecule has 1 aromatic rings. The predicted octanol–water partition coefficient (Wildman–Crippen LogP) is 2.13. The molecular formula is C13H17BrN2O2. The second kappa shape index (κ2) is 4.90. The predicted molar refractivity (Wildman–Crippen MR) is 73.4 cm³/mol. The minimum Gasteiger partial charge on any atom is -0.493 e. The molecule has 0 spiro atoms. The number of amides is 1. The van der Waals surface area contributed by atoms with E-state index in [1.54, 1.807) is 13.8 Å². The van der Waals surface area contributed by atoms with Crippen LogP contribution in [-0.4, -0.2) is 18.1 Å². The van der Waals surface area contributed by atoms with Crippen molar-refractivity contribution >= 4 is 21.8 Å². The summed E-state index contributed by atoms with van der Waals surface area (Å²) in [6.45, 7) is 4.23. The van der Waals surface area contributed by atoms with Gasteiger partial charge in [-0.1, -0.05) is 15.9 Å². The molecule has 4 nitrogen and oxygen atoms in total. The Bertz CT molecular complexity index is 474. The molecule has 0 saturated heterocycles. The molecule has 98 valence electrons. The van der Waals surface area contributed by atoms with Crippen molar-refractivity contribution in [3.05, 3.63) is 28.2 Å². The molecule has 18 heavy (non-hydrogen) atoms. The van der Waals surface area contributed by atoms with Gasteiger partial charge in [0.1, 0.15) is 5.75 Å². The Morgan fingerprint density at radius 3 is 2.94 bits per heavy atom. The third-order valence-corrected chi connectivity index (χ3v) is 3.66. The lowest BCUT2D eigenvalue weighted by Crippen LogP contribution is -2.52. The van der Waals surface area contributed by atoms with Gasteiger partial charge in [-0.15, -0.1) is 0 Å². The van der Waals surface area contributed by atoms with Crippen LogP contribution in [0, 0.1) is 0 Å². The lowest BCUT2D eigenvalue weighted by atomic mass is 9.95. The number of carbonyl (C=O) groups excluding carboxylic acids is 1. The standard InChI is InChI=1S/C13H17BrN2O2/c1-13(2,12(15)17)16-10-5-6-18-11-4-3-8(14)7-9(10)11/h3-4,7,10,16H,5-6H2,1-2H3,(H2,15,17). The maximum Gasteiger partial charge on any atom is 0.237 e. The van der Waals surface area contributed by atoms with E-state index < -0.39 is 5.54 Å². The molecule has 5 heteroatoms. The average molecular weight is 313 g/mol. The van der Waals surface area contributed by atoms with Crippen molar-refractivity contribution in [2.45, 2.75) is 31.8 Å². The number of rotatable bonds is 3. The summed E-state index contributed by atoms with van der Waals surface area (Å²) in [5.74, 6) is 0.507. The van der Waals surface area contributed by atoms with Gasteiger partial charge in [-0.3, -0.25) is 10.1 Å². The third-order valence-electron chi connectivity index (χ3n) is 3.16. The van der Waals surface area contributed by atoms with Crippen molar-refractivity contribution < 1.29 is 9.53 Å². The highest BCUT2D eigenvalue weighted by Crippen LogP contribution is 2.35. The first-order valence-electron chi connectivity index (χ1n) is 5.90. The van der Waals surface area contributed by atoms with Crippen LogP contribution in [0.4, 0.5) is 0 Å². The van der Waals surface area contributed by atoms with E-state index in [-0.39, 0.29) is 11.9 Å². The fraction of sp³-hybridized carbons (Fsp3) is 0.462. The molecule has 1 aliphatic heterocycles. The van der Waals surface area contributed by atoms with Gasteiger partial charge in [0.2, 0.25) is 5.91 Å². The van der Waals surface area contributed by atoms with Crippen LogP contribution in [0.25, 0.3) is 0 Å². The first-order chi connectivity index (χ1) is 8.40. The van der Waals surface area contributed by atoms with Crippen LogP contribution < -0.4 is 15.8 Å². The maximum atomic E-state index is 11.4. The zero-order valence-corrected chi connectivity index (χ0v) is 12.1. The molecule has 0 aromatic heterocycles. The van der Waals surface area contributed by atoms with Gasteiger partial charge < -0.3 is 10.5 Å². The van der Waals surface area contributed by atoms with Gasteiger partial charge >= 0.3 is 0 Å². The van der Waals surface area contributed by atoms with Crippen LogP contribution in [0.3, 0.4) is 0 Å². The van der Waals surface area contributed by atoms with E-state index in [9.17, 15) is 4.79 Å². The molecule has 0 saturated carbocycles. The first-order valence-corrected chi connectivity index (χ1v) is 6.69. The molecular weight excluding hydrogens is 296 g/mol. The van der Waals surface area contributed by atoms with Crippen LogP contribution in [0.2, 0.25) is 0 Å². The van der Waals surface area contributed by atoms with E-state index >= 15 is 0 Å². The molecule has 0 aliphatic carbocycles. The van der Waals surface area contributed by atoms with Crippen molar-refractivity contribution in [1.29, 1.82) is 0 Å². The van der Waals surface area contributed by atoms with E-state index in [0.29, 0.717) is 6.61 Å². The normalized spacial score (nSPS) is 18.9. The summed E-state index contributed by atoms with van der Waals surface area (Å²) < 4.78 is 6.60. The van der Waals surface area contributed by atoms with Gasteiger partial charge in [-0.25, -0.2) is 0 Å². The summed E-state index contributed by atoms with van der Waals surface area (Å²) in [5.41, 5.74) is 5.72. The average Bonchev–Trinajstić information content (AvgIpc) is 2.29. The van der Waals surface area contributed by atoms with Crippen LogP contribution in [0.15, 0.2) is 22.7 Å². The number of carbonyl (C=O) groups is 1. The molecule has 1 aromatic carbocycles. The van der Waals surface area contributed by atoms with Crippen molar-refractivity contribution in [2.75, 3.05) is 6.61 Å². The third kappa shape index (κ3) is 2.67. The minimum atomic E-state index is -0.735. The number of fused-ring (bicyclic) bond motifs is 1. The molecule has 0 radical (unpaired) electrons. The summed E-state index contributed by atoms with van der Waals surface area (Å²) in [4.78, 5) is 11.4. The van der Waals surface area contributed by atoms with Crippen LogP contribution in [0.1, 0.15) is 31.9 Å². The number of nitrogens with one attached hydrogen (secondary N) is 1.